The fourth-order valence-electron chi connectivity index (χ4n) is 1.88. The maximum atomic E-state index is 11.9. The largest absolute Gasteiger partial charge is 0.325 e. The van der Waals surface area contributed by atoms with E-state index in [1.807, 2.05) is 0 Å². The summed E-state index contributed by atoms with van der Waals surface area (Å²) in [6, 6.07) is 5.08. The molecular formula is C14H20Cl2N2O. The summed E-state index contributed by atoms with van der Waals surface area (Å²) in [6.07, 6.45) is 2.08. The van der Waals surface area contributed by atoms with Gasteiger partial charge in [-0.25, -0.2) is 0 Å². The molecule has 3 nitrogen and oxygen atoms in total. The minimum absolute atomic E-state index is 0.0275. The molecule has 0 bridgehead atoms. The van der Waals surface area contributed by atoms with Crippen molar-refractivity contribution >= 4 is 34.8 Å². The van der Waals surface area contributed by atoms with Crippen molar-refractivity contribution in [2.45, 2.75) is 26.7 Å². The standard InChI is InChI=1S/C14H20Cl2N2O/c1-3-7-18(8-4-2)10-14(19)17-11-5-6-12(15)13(16)9-11/h5-6,9H,3-4,7-8,10H2,1-2H3,(H,17,19). The van der Waals surface area contributed by atoms with Gasteiger partial charge in [0.25, 0.3) is 0 Å². The SMILES string of the molecule is CCCN(CCC)CC(=O)Nc1ccc(Cl)c(Cl)c1. The molecule has 1 aromatic rings. The first-order chi connectivity index (χ1) is 9.06. The average Bonchev–Trinajstić information content (AvgIpc) is 2.34. The lowest BCUT2D eigenvalue weighted by molar-refractivity contribution is -0.117. The van der Waals surface area contributed by atoms with Crippen molar-refractivity contribution < 1.29 is 4.79 Å². The van der Waals surface area contributed by atoms with E-state index in [1.54, 1.807) is 18.2 Å². The predicted octanol–water partition coefficient (Wildman–Crippen LogP) is 4.05. The van der Waals surface area contributed by atoms with Gasteiger partial charge in [0, 0.05) is 5.69 Å². The van der Waals surface area contributed by atoms with E-state index in [4.69, 9.17) is 23.2 Å². The van der Waals surface area contributed by atoms with Crippen LogP contribution in [0.2, 0.25) is 10.0 Å². The number of carbonyl (C=O) groups is 1. The summed E-state index contributed by atoms with van der Waals surface area (Å²) in [7, 11) is 0. The second-order valence-electron chi connectivity index (χ2n) is 4.45. The van der Waals surface area contributed by atoms with Crippen molar-refractivity contribution in [2.75, 3.05) is 25.0 Å². The van der Waals surface area contributed by atoms with E-state index in [0.717, 1.165) is 25.9 Å². The summed E-state index contributed by atoms with van der Waals surface area (Å²) >= 11 is 11.7. The summed E-state index contributed by atoms with van der Waals surface area (Å²) in [5.41, 5.74) is 0.673. The number of carbonyl (C=O) groups excluding carboxylic acids is 1. The second-order valence-corrected chi connectivity index (χ2v) is 5.27. The summed E-state index contributed by atoms with van der Waals surface area (Å²) in [5, 5.41) is 3.76. The Bertz CT molecular complexity index is 418. The van der Waals surface area contributed by atoms with Crippen molar-refractivity contribution in [3.8, 4) is 0 Å². The normalized spacial score (nSPS) is 10.8. The van der Waals surface area contributed by atoms with Gasteiger partial charge in [0.2, 0.25) is 5.91 Å². The van der Waals surface area contributed by atoms with Crippen molar-refractivity contribution in [1.82, 2.24) is 4.90 Å². The van der Waals surface area contributed by atoms with Crippen LogP contribution in [0.5, 0.6) is 0 Å². The van der Waals surface area contributed by atoms with E-state index in [0.29, 0.717) is 22.3 Å². The van der Waals surface area contributed by atoms with E-state index in [-0.39, 0.29) is 5.91 Å². The first-order valence-corrected chi connectivity index (χ1v) is 7.29. The third kappa shape index (κ3) is 5.81. The number of benzene rings is 1. The van der Waals surface area contributed by atoms with Crippen molar-refractivity contribution in [3.63, 3.8) is 0 Å². The number of nitrogens with one attached hydrogen (secondary N) is 1. The number of hydrogen-bond acceptors (Lipinski definition) is 2. The average molecular weight is 303 g/mol. The van der Waals surface area contributed by atoms with E-state index in [1.165, 1.54) is 0 Å². The maximum Gasteiger partial charge on any atom is 0.238 e. The summed E-state index contributed by atoms with van der Waals surface area (Å²) in [4.78, 5) is 14.1. The molecule has 0 atom stereocenters. The molecular weight excluding hydrogens is 283 g/mol. The molecule has 0 unspecified atom stereocenters. The molecule has 19 heavy (non-hydrogen) atoms. The molecule has 0 aliphatic carbocycles. The predicted molar refractivity (Wildman–Crippen MR) is 82.1 cm³/mol. The Labute approximate surface area is 124 Å². The highest BCUT2D eigenvalue weighted by Crippen LogP contribution is 2.24. The van der Waals surface area contributed by atoms with Crippen LogP contribution in [0.3, 0.4) is 0 Å². The highest BCUT2D eigenvalue weighted by Gasteiger charge is 2.10. The van der Waals surface area contributed by atoms with Crippen LogP contribution >= 0.6 is 23.2 Å². The van der Waals surface area contributed by atoms with Crippen LogP contribution < -0.4 is 5.32 Å². The Balaban J connectivity index is 2.55. The van der Waals surface area contributed by atoms with Gasteiger partial charge in [0.05, 0.1) is 16.6 Å². The van der Waals surface area contributed by atoms with Gasteiger partial charge in [-0.15, -0.1) is 0 Å². The van der Waals surface area contributed by atoms with Crippen LogP contribution in [0.1, 0.15) is 26.7 Å². The molecule has 0 aliphatic rings. The van der Waals surface area contributed by atoms with E-state index < -0.39 is 0 Å². The van der Waals surface area contributed by atoms with E-state index in [2.05, 4.69) is 24.1 Å². The first kappa shape index (κ1) is 16.3. The highest BCUT2D eigenvalue weighted by atomic mass is 35.5. The van der Waals surface area contributed by atoms with Crippen molar-refractivity contribution in [2.24, 2.45) is 0 Å². The number of nitrogens with zero attached hydrogens (tertiary/aromatic N) is 1. The molecule has 0 radical (unpaired) electrons. The molecule has 1 rings (SSSR count). The zero-order chi connectivity index (χ0) is 14.3. The molecule has 0 saturated carbocycles. The Morgan fingerprint density at radius 3 is 2.32 bits per heavy atom. The zero-order valence-electron chi connectivity index (χ0n) is 11.4. The van der Waals surface area contributed by atoms with Gasteiger partial charge >= 0.3 is 0 Å². The summed E-state index contributed by atoms with van der Waals surface area (Å²) in [5.74, 6) is -0.0275. The fourth-order valence-corrected chi connectivity index (χ4v) is 2.18. The second kappa shape index (κ2) is 8.41. The van der Waals surface area contributed by atoms with Gasteiger partial charge in [-0.2, -0.15) is 0 Å². The first-order valence-electron chi connectivity index (χ1n) is 6.54. The van der Waals surface area contributed by atoms with Gasteiger partial charge in [-0.1, -0.05) is 37.0 Å². The monoisotopic (exact) mass is 302 g/mol. The molecule has 1 N–H and O–H groups in total. The topological polar surface area (TPSA) is 32.3 Å². The Hall–Kier alpha value is -0.770. The number of rotatable bonds is 7. The Kier molecular flexibility index (Phi) is 7.21. The minimum atomic E-state index is -0.0275. The molecule has 0 heterocycles. The number of hydrogen-bond donors (Lipinski definition) is 1. The minimum Gasteiger partial charge on any atom is -0.325 e. The summed E-state index contributed by atoms with van der Waals surface area (Å²) in [6.45, 7) is 6.49. The van der Waals surface area contributed by atoms with Crippen molar-refractivity contribution in [3.05, 3.63) is 28.2 Å². The smallest absolute Gasteiger partial charge is 0.238 e. The third-order valence-corrected chi connectivity index (χ3v) is 3.39. The number of halogens is 2. The molecule has 5 heteroatoms. The highest BCUT2D eigenvalue weighted by molar-refractivity contribution is 6.42. The molecule has 1 aromatic carbocycles. The molecule has 1 amide bonds. The lowest BCUT2D eigenvalue weighted by Gasteiger charge is -2.20. The van der Waals surface area contributed by atoms with Gasteiger partial charge in [0.1, 0.15) is 0 Å². The van der Waals surface area contributed by atoms with Gasteiger partial charge in [0.15, 0.2) is 0 Å². The van der Waals surface area contributed by atoms with E-state index in [9.17, 15) is 4.79 Å². The van der Waals surface area contributed by atoms with Gasteiger partial charge < -0.3 is 5.32 Å². The van der Waals surface area contributed by atoms with Gasteiger partial charge in [-0.05, 0) is 44.1 Å². The van der Waals surface area contributed by atoms with Crippen LogP contribution in [-0.2, 0) is 4.79 Å². The van der Waals surface area contributed by atoms with Crippen LogP contribution in [0.25, 0.3) is 0 Å². The fraction of sp³-hybridized carbons (Fsp3) is 0.500. The molecule has 0 aliphatic heterocycles. The lowest BCUT2D eigenvalue weighted by atomic mass is 10.3. The zero-order valence-corrected chi connectivity index (χ0v) is 12.9. The Morgan fingerprint density at radius 1 is 1.16 bits per heavy atom. The summed E-state index contributed by atoms with van der Waals surface area (Å²) < 4.78 is 0. The lowest BCUT2D eigenvalue weighted by Crippen LogP contribution is -2.34. The third-order valence-electron chi connectivity index (χ3n) is 2.65. The Morgan fingerprint density at radius 2 is 1.79 bits per heavy atom. The number of amides is 1. The number of anilines is 1. The quantitative estimate of drug-likeness (QED) is 0.824. The molecule has 0 saturated heterocycles. The molecule has 0 aromatic heterocycles. The van der Waals surface area contributed by atoms with Crippen LogP contribution in [0.15, 0.2) is 18.2 Å². The van der Waals surface area contributed by atoms with Crippen LogP contribution in [0.4, 0.5) is 5.69 Å². The van der Waals surface area contributed by atoms with Gasteiger partial charge in [-0.3, -0.25) is 9.69 Å². The van der Waals surface area contributed by atoms with Crippen LogP contribution in [-0.4, -0.2) is 30.4 Å². The molecule has 0 fully saturated rings. The van der Waals surface area contributed by atoms with Crippen molar-refractivity contribution in [1.29, 1.82) is 0 Å². The van der Waals surface area contributed by atoms with Crippen LogP contribution in [0, 0.1) is 0 Å². The van der Waals surface area contributed by atoms with E-state index >= 15 is 0 Å². The maximum absolute atomic E-state index is 11.9. The molecule has 106 valence electrons. The molecule has 0 spiro atoms.